The van der Waals surface area contributed by atoms with E-state index in [2.05, 4.69) is 17.4 Å². The fraction of sp³-hybridized carbons (Fsp3) is 0.391. The van der Waals surface area contributed by atoms with Gasteiger partial charge in [0.25, 0.3) is 5.91 Å². The molecule has 1 aliphatic heterocycles. The molecule has 2 amide bonds. The molecular formula is C23H28N2O3S. The number of amides is 2. The maximum Gasteiger partial charge on any atom is 0.260 e. The molecular weight excluding hydrogens is 384 g/mol. The first-order chi connectivity index (χ1) is 14.2. The van der Waals surface area contributed by atoms with Crippen molar-refractivity contribution in [2.75, 3.05) is 32.0 Å². The Bertz CT molecular complexity index is 762. The lowest BCUT2D eigenvalue weighted by Gasteiger charge is -2.32. The summed E-state index contributed by atoms with van der Waals surface area (Å²) >= 11 is 1.63. The second-order valence-electron chi connectivity index (χ2n) is 7.21. The smallest absolute Gasteiger partial charge is 0.260 e. The molecule has 6 heteroatoms. The highest BCUT2D eigenvalue weighted by atomic mass is 32.2. The van der Waals surface area contributed by atoms with Gasteiger partial charge in [-0.15, -0.1) is 11.8 Å². The zero-order chi connectivity index (χ0) is 20.3. The van der Waals surface area contributed by atoms with Crippen molar-refractivity contribution < 1.29 is 14.3 Å². The van der Waals surface area contributed by atoms with Gasteiger partial charge in [0.15, 0.2) is 6.61 Å². The summed E-state index contributed by atoms with van der Waals surface area (Å²) in [4.78, 5) is 26.2. The predicted molar refractivity (Wildman–Crippen MR) is 117 cm³/mol. The van der Waals surface area contributed by atoms with E-state index < -0.39 is 0 Å². The van der Waals surface area contributed by atoms with Crippen LogP contribution in [0.5, 0.6) is 5.75 Å². The fourth-order valence-corrected chi connectivity index (χ4v) is 4.10. The Kier molecular flexibility index (Phi) is 8.43. The molecule has 3 rings (SSSR count). The van der Waals surface area contributed by atoms with Crippen LogP contribution in [-0.2, 0) is 15.3 Å². The number of piperidine rings is 1. The molecule has 1 aliphatic rings. The van der Waals surface area contributed by atoms with E-state index in [0.717, 1.165) is 31.7 Å². The van der Waals surface area contributed by atoms with Gasteiger partial charge in [0.2, 0.25) is 5.91 Å². The topological polar surface area (TPSA) is 58.6 Å². The second kappa shape index (κ2) is 11.5. The lowest BCUT2D eigenvalue weighted by molar-refractivity contribution is -0.134. The van der Waals surface area contributed by atoms with Crippen LogP contribution < -0.4 is 10.1 Å². The number of hydrogen-bond donors (Lipinski definition) is 1. The van der Waals surface area contributed by atoms with E-state index in [4.69, 9.17) is 4.74 Å². The van der Waals surface area contributed by atoms with Gasteiger partial charge in [0.05, 0.1) is 5.75 Å². The number of hydrogen-bond acceptors (Lipinski definition) is 4. The summed E-state index contributed by atoms with van der Waals surface area (Å²) in [7, 11) is 0. The number of rotatable bonds is 9. The molecule has 0 spiro atoms. The van der Waals surface area contributed by atoms with Gasteiger partial charge in [-0.05, 0) is 36.5 Å². The number of carbonyl (C=O) groups is 2. The standard InChI is InChI=1S/C23H28N2O3S/c26-22(18-29-17-20-7-3-1-4-8-20)24-15-19-11-13-25(14-12-19)23(27)16-28-21-9-5-2-6-10-21/h1-10,19H,11-18H2,(H,24,26). The Morgan fingerprint density at radius 2 is 1.66 bits per heavy atom. The van der Waals surface area contributed by atoms with Crippen molar-refractivity contribution in [3.05, 3.63) is 66.2 Å². The van der Waals surface area contributed by atoms with Crippen LogP contribution in [0.15, 0.2) is 60.7 Å². The first kappa shape index (κ1) is 21.2. The molecule has 2 aromatic carbocycles. The number of nitrogens with one attached hydrogen (secondary N) is 1. The highest BCUT2D eigenvalue weighted by Gasteiger charge is 2.23. The molecule has 0 unspecified atom stereocenters. The number of nitrogens with zero attached hydrogens (tertiary/aromatic N) is 1. The van der Waals surface area contributed by atoms with Crippen molar-refractivity contribution in [1.82, 2.24) is 10.2 Å². The molecule has 0 bridgehead atoms. The predicted octanol–water partition coefficient (Wildman–Crippen LogP) is 3.35. The highest BCUT2D eigenvalue weighted by Crippen LogP contribution is 2.17. The quantitative estimate of drug-likeness (QED) is 0.686. The molecule has 154 valence electrons. The number of carbonyl (C=O) groups excluding carboxylic acids is 2. The van der Waals surface area contributed by atoms with Gasteiger partial charge < -0.3 is 15.0 Å². The molecule has 0 saturated carbocycles. The molecule has 29 heavy (non-hydrogen) atoms. The summed E-state index contributed by atoms with van der Waals surface area (Å²) in [5.41, 5.74) is 1.23. The van der Waals surface area contributed by atoms with E-state index in [1.165, 1.54) is 5.56 Å². The SMILES string of the molecule is O=C(CSCc1ccccc1)NCC1CCN(C(=O)COc2ccccc2)CC1. The fourth-order valence-electron chi connectivity index (χ4n) is 3.28. The number of likely N-dealkylation sites (tertiary alicyclic amines) is 1. The summed E-state index contributed by atoms with van der Waals surface area (Å²) in [6, 6.07) is 19.6. The Balaban J connectivity index is 1.27. The normalized spacial score (nSPS) is 14.4. The van der Waals surface area contributed by atoms with Crippen molar-refractivity contribution in [3.8, 4) is 5.75 Å². The number of para-hydroxylation sites is 1. The van der Waals surface area contributed by atoms with Crippen LogP contribution in [-0.4, -0.2) is 48.7 Å². The highest BCUT2D eigenvalue weighted by molar-refractivity contribution is 7.99. The third kappa shape index (κ3) is 7.46. The molecule has 0 aromatic heterocycles. The number of thioether (sulfide) groups is 1. The third-order valence-corrected chi connectivity index (χ3v) is 6.01. The first-order valence-electron chi connectivity index (χ1n) is 10.0. The van der Waals surface area contributed by atoms with Crippen molar-refractivity contribution in [2.45, 2.75) is 18.6 Å². The van der Waals surface area contributed by atoms with E-state index in [9.17, 15) is 9.59 Å². The van der Waals surface area contributed by atoms with Crippen LogP contribution in [0.25, 0.3) is 0 Å². The van der Waals surface area contributed by atoms with Crippen LogP contribution in [0.1, 0.15) is 18.4 Å². The van der Waals surface area contributed by atoms with Crippen LogP contribution in [0.4, 0.5) is 0 Å². The van der Waals surface area contributed by atoms with Crippen molar-refractivity contribution in [1.29, 1.82) is 0 Å². The van der Waals surface area contributed by atoms with Gasteiger partial charge in [-0.1, -0.05) is 48.5 Å². The maximum atomic E-state index is 12.3. The van der Waals surface area contributed by atoms with Gasteiger partial charge in [0.1, 0.15) is 5.75 Å². The number of ether oxygens (including phenoxy) is 1. The molecule has 0 aliphatic carbocycles. The lowest BCUT2D eigenvalue weighted by Crippen LogP contribution is -2.43. The van der Waals surface area contributed by atoms with Gasteiger partial charge in [-0.25, -0.2) is 0 Å². The maximum absolute atomic E-state index is 12.3. The van der Waals surface area contributed by atoms with E-state index in [1.807, 2.05) is 53.4 Å². The molecule has 1 N–H and O–H groups in total. The van der Waals surface area contributed by atoms with Crippen molar-refractivity contribution in [2.24, 2.45) is 5.92 Å². The summed E-state index contributed by atoms with van der Waals surface area (Å²) in [5, 5.41) is 3.04. The molecule has 2 aromatic rings. The minimum atomic E-state index is 0.0219. The van der Waals surface area contributed by atoms with Crippen LogP contribution >= 0.6 is 11.8 Å². The minimum absolute atomic E-state index is 0.0219. The summed E-state index contributed by atoms with van der Waals surface area (Å²) in [6.07, 6.45) is 1.82. The Morgan fingerprint density at radius 1 is 1.00 bits per heavy atom. The van der Waals surface area contributed by atoms with E-state index in [0.29, 0.717) is 24.0 Å². The number of benzene rings is 2. The third-order valence-electron chi connectivity index (χ3n) is 5.01. The monoisotopic (exact) mass is 412 g/mol. The molecule has 1 saturated heterocycles. The molecule has 0 radical (unpaired) electrons. The summed E-state index contributed by atoms with van der Waals surface area (Å²) in [6.45, 7) is 2.21. The Hall–Kier alpha value is -2.47. The second-order valence-corrected chi connectivity index (χ2v) is 8.19. The van der Waals surface area contributed by atoms with Gasteiger partial charge in [-0.3, -0.25) is 9.59 Å². The summed E-state index contributed by atoms with van der Waals surface area (Å²) < 4.78 is 5.55. The van der Waals surface area contributed by atoms with Crippen LogP contribution in [0.2, 0.25) is 0 Å². The largest absolute Gasteiger partial charge is 0.484 e. The van der Waals surface area contributed by atoms with Crippen LogP contribution in [0.3, 0.4) is 0 Å². The van der Waals surface area contributed by atoms with Crippen LogP contribution in [0, 0.1) is 5.92 Å². The lowest BCUT2D eigenvalue weighted by atomic mass is 9.97. The van der Waals surface area contributed by atoms with Gasteiger partial charge >= 0.3 is 0 Å². The van der Waals surface area contributed by atoms with E-state index in [-0.39, 0.29) is 18.4 Å². The molecule has 5 nitrogen and oxygen atoms in total. The Morgan fingerprint density at radius 3 is 2.34 bits per heavy atom. The van der Waals surface area contributed by atoms with Gasteiger partial charge in [0, 0.05) is 25.4 Å². The van der Waals surface area contributed by atoms with E-state index >= 15 is 0 Å². The zero-order valence-corrected chi connectivity index (χ0v) is 17.4. The average molecular weight is 413 g/mol. The molecule has 0 atom stereocenters. The zero-order valence-electron chi connectivity index (χ0n) is 16.6. The summed E-state index contributed by atoms with van der Waals surface area (Å²) in [5.74, 6) is 2.57. The van der Waals surface area contributed by atoms with Crippen molar-refractivity contribution >= 4 is 23.6 Å². The molecule has 1 fully saturated rings. The average Bonchev–Trinajstić information content (AvgIpc) is 2.78. The Labute approximate surface area is 176 Å². The minimum Gasteiger partial charge on any atom is -0.484 e. The van der Waals surface area contributed by atoms with Gasteiger partial charge in [-0.2, -0.15) is 0 Å². The first-order valence-corrected chi connectivity index (χ1v) is 11.2. The molecule has 1 heterocycles. The van der Waals surface area contributed by atoms with E-state index in [1.54, 1.807) is 11.8 Å². The van der Waals surface area contributed by atoms with Crippen molar-refractivity contribution in [3.63, 3.8) is 0 Å².